The van der Waals surface area contributed by atoms with Crippen LogP contribution in [0.4, 0.5) is 11.5 Å². The molecule has 3 heterocycles. The summed E-state index contributed by atoms with van der Waals surface area (Å²) in [5.74, 6) is 3.02. The van der Waals surface area contributed by atoms with Gasteiger partial charge in [0, 0.05) is 13.0 Å². The second kappa shape index (κ2) is 14.2. The van der Waals surface area contributed by atoms with Crippen molar-refractivity contribution in [3.8, 4) is 28.7 Å². The second-order valence-electron chi connectivity index (χ2n) is 11.9. The predicted octanol–water partition coefficient (Wildman–Crippen LogP) is 5.10. The van der Waals surface area contributed by atoms with Crippen LogP contribution in [-0.2, 0) is 15.1 Å². The van der Waals surface area contributed by atoms with Crippen molar-refractivity contribution in [3.05, 3.63) is 130 Å². The Bertz CT molecular complexity index is 1940. The average Bonchev–Trinajstić information content (AvgIpc) is 3.53. The Kier molecular flexibility index (Phi) is 9.42. The topological polar surface area (TPSA) is 149 Å². The van der Waals surface area contributed by atoms with Gasteiger partial charge in [-0.1, -0.05) is 60.7 Å². The van der Waals surface area contributed by atoms with Gasteiger partial charge in [0.1, 0.15) is 47.5 Å². The summed E-state index contributed by atoms with van der Waals surface area (Å²) in [4.78, 5) is 17.6. The number of aliphatic hydroxyl groups excluding tert-OH is 1. The Balaban J connectivity index is 1.17. The highest BCUT2D eigenvalue weighted by molar-refractivity contribution is 5.77. The normalized spacial score (nSPS) is 18.0. The minimum absolute atomic E-state index is 0.00521. The molecule has 2 aliphatic rings. The number of benzene rings is 4. The zero-order valence-corrected chi connectivity index (χ0v) is 27.7. The van der Waals surface area contributed by atoms with Crippen molar-refractivity contribution in [2.24, 2.45) is 5.73 Å². The number of nitrogens with zero attached hydrogens (tertiary/aromatic N) is 2. The van der Waals surface area contributed by atoms with Crippen molar-refractivity contribution in [2.75, 3.05) is 39.3 Å². The maximum atomic E-state index is 13.3. The predicted molar refractivity (Wildman–Crippen MR) is 186 cm³/mol. The van der Waals surface area contributed by atoms with Gasteiger partial charge in [0.05, 0.1) is 33.1 Å². The third-order valence-corrected chi connectivity index (χ3v) is 8.90. The largest absolute Gasteiger partial charge is 0.497 e. The fourth-order valence-electron chi connectivity index (χ4n) is 6.38. The minimum atomic E-state index is -1.11. The van der Waals surface area contributed by atoms with Crippen LogP contribution in [0.3, 0.4) is 0 Å². The molecule has 5 aromatic rings. The number of anilines is 2. The van der Waals surface area contributed by atoms with Crippen molar-refractivity contribution in [3.63, 3.8) is 0 Å². The lowest BCUT2D eigenvalue weighted by Crippen LogP contribution is -2.38. The van der Waals surface area contributed by atoms with Crippen molar-refractivity contribution >= 4 is 11.5 Å². The van der Waals surface area contributed by atoms with Gasteiger partial charge in [-0.05, 0) is 53.1 Å². The lowest BCUT2D eigenvalue weighted by atomic mass is 9.80. The molecule has 0 bridgehead atoms. The number of ether oxygens (including phenoxy) is 6. The van der Waals surface area contributed by atoms with Crippen molar-refractivity contribution < 1.29 is 33.5 Å². The molecule has 1 saturated heterocycles. The highest BCUT2D eigenvalue weighted by Crippen LogP contribution is 2.46. The number of hydrogen-bond acceptors (Lipinski definition) is 11. The van der Waals surface area contributed by atoms with Crippen LogP contribution in [0.5, 0.6) is 28.7 Å². The van der Waals surface area contributed by atoms with Crippen LogP contribution in [0.2, 0.25) is 0 Å². The van der Waals surface area contributed by atoms with E-state index in [0.717, 1.165) is 16.7 Å². The fourth-order valence-corrected chi connectivity index (χ4v) is 6.38. The third kappa shape index (κ3) is 6.25. The van der Waals surface area contributed by atoms with E-state index in [9.17, 15) is 9.90 Å². The van der Waals surface area contributed by atoms with Crippen LogP contribution in [-0.4, -0.2) is 60.8 Å². The van der Waals surface area contributed by atoms with E-state index in [2.05, 4.69) is 10.3 Å². The molecular weight excluding hydrogens is 640 g/mol. The summed E-state index contributed by atoms with van der Waals surface area (Å²) < 4.78 is 37.4. The lowest BCUT2D eigenvalue weighted by molar-refractivity contribution is -0.0944. The zero-order valence-electron chi connectivity index (χ0n) is 27.7. The fraction of sp³-hybridized carbons (Fsp3) is 0.263. The van der Waals surface area contributed by atoms with Crippen molar-refractivity contribution in [1.82, 2.24) is 9.55 Å². The number of para-hydroxylation sites is 1. The van der Waals surface area contributed by atoms with E-state index >= 15 is 0 Å². The Morgan fingerprint density at radius 3 is 2.20 bits per heavy atom. The molecule has 0 spiro atoms. The first-order chi connectivity index (χ1) is 24.4. The van der Waals surface area contributed by atoms with E-state index in [1.807, 2.05) is 78.9 Å². The molecule has 12 nitrogen and oxygen atoms in total. The molecule has 12 heteroatoms. The molecule has 1 fully saturated rings. The van der Waals surface area contributed by atoms with Crippen molar-refractivity contribution in [2.45, 2.75) is 30.5 Å². The minimum Gasteiger partial charge on any atom is -0.497 e. The van der Waals surface area contributed by atoms with Gasteiger partial charge in [-0.3, -0.25) is 4.57 Å². The van der Waals surface area contributed by atoms with E-state index in [-0.39, 0.29) is 18.8 Å². The van der Waals surface area contributed by atoms with Gasteiger partial charge in [-0.15, -0.1) is 0 Å². The Morgan fingerprint density at radius 2 is 1.56 bits per heavy atom. The molecule has 0 aliphatic carbocycles. The van der Waals surface area contributed by atoms with E-state index in [1.165, 1.54) is 10.8 Å². The number of hydrogen-bond donors (Lipinski definition) is 3. The number of fused-ring (bicyclic) bond motifs is 2. The summed E-state index contributed by atoms with van der Waals surface area (Å²) in [6, 6.07) is 30.6. The van der Waals surface area contributed by atoms with Crippen LogP contribution >= 0.6 is 0 Å². The summed E-state index contributed by atoms with van der Waals surface area (Å²) >= 11 is 0. The zero-order chi connectivity index (χ0) is 34.7. The first-order valence-electron chi connectivity index (χ1n) is 16.3. The van der Waals surface area contributed by atoms with Gasteiger partial charge >= 0.3 is 5.69 Å². The lowest BCUT2D eigenvalue weighted by Gasteiger charge is -2.37. The quantitative estimate of drug-likeness (QED) is 0.148. The van der Waals surface area contributed by atoms with Crippen LogP contribution in [0, 0.1) is 0 Å². The molecule has 0 radical (unpaired) electrons. The Morgan fingerprint density at radius 1 is 0.900 bits per heavy atom. The van der Waals surface area contributed by atoms with E-state index < -0.39 is 29.7 Å². The molecule has 258 valence electrons. The molecule has 0 amide bonds. The first kappa shape index (κ1) is 33.1. The average molecular weight is 679 g/mol. The monoisotopic (exact) mass is 678 g/mol. The summed E-state index contributed by atoms with van der Waals surface area (Å²) in [6.07, 6.45) is -0.854. The van der Waals surface area contributed by atoms with E-state index in [4.69, 9.17) is 34.2 Å². The molecule has 1 aromatic heterocycles. The van der Waals surface area contributed by atoms with Gasteiger partial charge in [0.25, 0.3) is 0 Å². The Hall–Kier alpha value is -5.40. The van der Waals surface area contributed by atoms with E-state index in [1.54, 1.807) is 32.4 Å². The molecule has 4 aromatic carbocycles. The maximum absolute atomic E-state index is 13.3. The molecule has 2 aliphatic heterocycles. The smallest absolute Gasteiger partial charge is 0.351 e. The van der Waals surface area contributed by atoms with Crippen LogP contribution < -0.4 is 35.7 Å². The number of aliphatic hydroxyl groups is 1. The van der Waals surface area contributed by atoms with Gasteiger partial charge < -0.3 is 44.6 Å². The maximum Gasteiger partial charge on any atom is 0.351 e. The number of rotatable bonds is 12. The van der Waals surface area contributed by atoms with E-state index in [0.29, 0.717) is 47.6 Å². The molecule has 4 N–H and O–H groups in total. The highest BCUT2D eigenvalue weighted by Gasteiger charge is 2.42. The van der Waals surface area contributed by atoms with Gasteiger partial charge in [-0.25, -0.2) is 4.79 Å². The van der Waals surface area contributed by atoms with Crippen LogP contribution in [0.15, 0.2) is 108 Å². The number of nitrogens with two attached hydrogens (primary N) is 1. The summed E-state index contributed by atoms with van der Waals surface area (Å²) in [5, 5.41) is 14.4. The van der Waals surface area contributed by atoms with Gasteiger partial charge in [-0.2, -0.15) is 4.98 Å². The Labute approximate surface area is 288 Å². The number of nitrogens with one attached hydrogen (secondary N) is 1. The molecule has 3 atom stereocenters. The number of aromatic nitrogens is 2. The van der Waals surface area contributed by atoms with Gasteiger partial charge in [0.2, 0.25) is 0 Å². The highest BCUT2D eigenvalue weighted by atomic mass is 16.6. The molecular formula is C38H38N4O8. The third-order valence-electron chi connectivity index (χ3n) is 8.90. The molecule has 50 heavy (non-hydrogen) atoms. The molecule has 7 rings (SSSR count). The summed E-state index contributed by atoms with van der Waals surface area (Å²) in [6.45, 7) is 0.660. The van der Waals surface area contributed by atoms with Crippen molar-refractivity contribution in [1.29, 1.82) is 0 Å². The first-order valence-corrected chi connectivity index (χ1v) is 16.3. The summed E-state index contributed by atoms with van der Waals surface area (Å²) in [5.41, 5.74) is 7.04. The van der Waals surface area contributed by atoms with Crippen LogP contribution in [0.25, 0.3) is 0 Å². The summed E-state index contributed by atoms with van der Waals surface area (Å²) in [7, 11) is 3.24. The SMILES string of the molecule is COc1ccc(C(OC[C@H]2O[C@@H](n3cc4c(nc3=O)Nc3c(OCCN)cccc3O4)C[C@@H]2O)(c2ccccc2)c2ccc(OC)cc2)cc1. The van der Waals surface area contributed by atoms with Crippen LogP contribution in [0.1, 0.15) is 29.3 Å². The van der Waals surface area contributed by atoms with Gasteiger partial charge in [0.15, 0.2) is 17.3 Å². The second-order valence-corrected chi connectivity index (χ2v) is 11.9. The molecule has 0 saturated carbocycles. The molecule has 0 unspecified atom stereocenters. The number of methoxy groups -OCH3 is 2. The standard InChI is InChI=1S/C38H38N4O8/c1-45-27-15-11-25(12-16-27)38(24-7-4-3-5-8-24,26-13-17-28(46-2)18-14-26)48-23-33-29(43)21-34(50-33)42-22-32-36(41-37(42)44)40-35-30(47-20-19-39)9-6-10-31(35)49-32/h3-18,22,29,33-34,43H,19-21,23,39H2,1-2H3,(H,40,41,44)/t29-,33+,34+/m0/s1.